The molecule has 0 spiro atoms. The summed E-state index contributed by atoms with van der Waals surface area (Å²) in [7, 11) is 0. The lowest BCUT2D eigenvalue weighted by Gasteiger charge is -2.35. The Morgan fingerprint density at radius 2 is 1.27 bits per heavy atom. The SMILES string of the molecule is C.CC.CCC1CC[C@H](CC)C1(C)CC. The second-order valence-electron chi connectivity index (χ2n) is 4.65. The van der Waals surface area contributed by atoms with Crippen LogP contribution in [0.5, 0.6) is 0 Å². The topological polar surface area (TPSA) is 0 Å². The Morgan fingerprint density at radius 3 is 1.47 bits per heavy atom. The van der Waals surface area contributed by atoms with E-state index in [1.807, 2.05) is 13.8 Å². The first-order chi connectivity index (χ1) is 6.69. The molecule has 0 saturated heterocycles. The molecule has 15 heavy (non-hydrogen) atoms. The Hall–Kier alpha value is 0. The van der Waals surface area contributed by atoms with E-state index in [0.717, 1.165) is 11.8 Å². The third-order valence-electron chi connectivity index (χ3n) is 4.48. The smallest absolute Gasteiger partial charge is 0.0272 e. The minimum Gasteiger partial charge on any atom is -0.0776 e. The number of hydrogen-bond donors (Lipinski definition) is 0. The molecule has 2 unspecified atom stereocenters. The van der Waals surface area contributed by atoms with Gasteiger partial charge in [0.05, 0.1) is 0 Å². The zero-order chi connectivity index (χ0) is 11.2. The molecule has 1 aliphatic rings. The molecule has 1 rings (SSSR count). The van der Waals surface area contributed by atoms with Crippen LogP contribution in [0, 0.1) is 17.3 Å². The lowest BCUT2D eigenvalue weighted by molar-refractivity contribution is 0.142. The van der Waals surface area contributed by atoms with E-state index in [4.69, 9.17) is 0 Å². The second kappa shape index (κ2) is 8.19. The van der Waals surface area contributed by atoms with E-state index in [-0.39, 0.29) is 7.43 Å². The molecule has 1 saturated carbocycles. The van der Waals surface area contributed by atoms with E-state index in [0.29, 0.717) is 5.41 Å². The molecular formula is C15H34. The highest BCUT2D eigenvalue weighted by Gasteiger charge is 2.42. The Morgan fingerprint density at radius 1 is 0.933 bits per heavy atom. The van der Waals surface area contributed by atoms with Crippen molar-refractivity contribution in [3.8, 4) is 0 Å². The molecule has 1 aliphatic carbocycles. The Bertz CT molecular complexity index is 125. The van der Waals surface area contributed by atoms with Crippen LogP contribution in [-0.2, 0) is 0 Å². The monoisotopic (exact) mass is 214 g/mol. The largest absolute Gasteiger partial charge is 0.0776 e. The highest BCUT2D eigenvalue weighted by Crippen LogP contribution is 2.52. The van der Waals surface area contributed by atoms with Gasteiger partial charge in [0.15, 0.2) is 0 Å². The molecule has 0 aromatic carbocycles. The number of hydrogen-bond acceptors (Lipinski definition) is 0. The van der Waals surface area contributed by atoms with Crippen LogP contribution in [-0.4, -0.2) is 0 Å². The van der Waals surface area contributed by atoms with E-state index >= 15 is 0 Å². The summed E-state index contributed by atoms with van der Waals surface area (Å²) in [4.78, 5) is 0. The fourth-order valence-corrected chi connectivity index (χ4v) is 3.31. The van der Waals surface area contributed by atoms with Gasteiger partial charge < -0.3 is 0 Å². The third kappa shape index (κ3) is 3.50. The molecule has 0 N–H and O–H groups in total. The van der Waals surface area contributed by atoms with Gasteiger partial charge in [-0.25, -0.2) is 0 Å². The predicted octanol–water partition coefficient (Wildman–Crippen LogP) is 5.91. The quantitative estimate of drug-likeness (QED) is 0.548. The molecule has 0 nitrogen and oxygen atoms in total. The zero-order valence-electron chi connectivity index (χ0n) is 11.2. The van der Waals surface area contributed by atoms with Gasteiger partial charge in [0.25, 0.3) is 0 Å². The fourth-order valence-electron chi connectivity index (χ4n) is 3.31. The first-order valence-electron chi connectivity index (χ1n) is 6.69. The van der Waals surface area contributed by atoms with Crippen molar-refractivity contribution in [2.75, 3.05) is 0 Å². The van der Waals surface area contributed by atoms with Gasteiger partial charge in [0.1, 0.15) is 0 Å². The molecule has 0 aromatic heterocycles. The van der Waals surface area contributed by atoms with Gasteiger partial charge in [-0.15, -0.1) is 0 Å². The van der Waals surface area contributed by atoms with Gasteiger partial charge in [0.2, 0.25) is 0 Å². The van der Waals surface area contributed by atoms with E-state index < -0.39 is 0 Å². The molecular weight excluding hydrogens is 180 g/mol. The minimum absolute atomic E-state index is 0. The Kier molecular flexibility index (Phi) is 9.49. The first-order valence-corrected chi connectivity index (χ1v) is 6.69. The summed E-state index contributed by atoms with van der Waals surface area (Å²) in [6, 6.07) is 0. The van der Waals surface area contributed by atoms with Crippen LogP contribution in [0.1, 0.15) is 81.1 Å². The van der Waals surface area contributed by atoms with Gasteiger partial charge >= 0.3 is 0 Å². The Balaban J connectivity index is 0. The van der Waals surface area contributed by atoms with Crippen molar-refractivity contribution in [3.05, 3.63) is 0 Å². The van der Waals surface area contributed by atoms with Crippen LogP contribution in [0.4, 0.5) is 0 Å². The second-order valence-corrected chi connectivity index (χ2v) is 4.65. The molecule has 0 heterocycles. The fraction of sp³-hybridized carbons (Fsp3) is 1.00. The third-order valence-corrected chi connectivity index (χ3v) is 4.48. The van der Waals surface area contributed by atoms with Crippen molar-refractivity contribution in [1.29, 1.82) is 0 Å². The van der Waals surface area contributed by atoms with Crippen LogP contribution in [0.3, 0.4) is 0 Å². The molecule has 1 fully saturated rings. The molecule has 0 heteroatoms. The molecule has 0 aromatic rings. The lowest BCUT2D eigenvalue weighted by Crippen LogP contribution is -2.27. The maximum Gasteiger partial charge on any atom is -0.0272 e. The molecule has 3 atom stereocenters. The summed E-state index contributed by atoms with van der Waals surface area (Å²) in [6.07, 6.45) is 7.13. The van der Waals surface area contributed by atoms with Crippen molar-refractivity contribution < 1.29 is 0 Å². The Labute approximate surface area is 98.9 Å². The van der Waals surface area contributed by atoms with Gasteiger partial charge in [-0.1, -0.05) is 68.2 Å². The molecule has 94 valence electrons. The summed E-state index contributed by atoms with van der Waals surface area (Å²) >= 11 is 0. The van der Waals surface area contributed by atoms with Crippen LogP contribution < -0.4 is 0 Å². The average Bonchev–Trinajstić information content (AvgIpc) is 2.58. The van der Waals surface area contributed by atoms with Crippen LogP contribution in [0.25, 0.3) is 0 Å². The standard InChI is InChI=1S/C12H24.C2H6.CH4/c1-5-10-8-9-11(6-2)12(10,4)7-3;1-2;/h10-11H,5-9H2,1-4H3;1-2H3;1H4/t10-,11?,12?;;/m0../s1. The van der Waals surface area contributed by atoms with E-state index in [9.17, 15) is 0 Å². The maximum atomic E-state index is 2.52. The van der Waals surface area contributed by atoms with Crippen molar-refractivity contribution in [2.24, 2.45) is 17.3 Å². The van der Waals surface area contributed by atoms with Gasteiger partial charge in [-0.2, -0.15) is 0 Å². The van der Waals surface area contributed by atoms with Crippen molar-refractivity contribution in [1.82, 2.24) is 0 Å². The van der Waals surface area contributed by atoms with Crippen LogP contribution >= 0.6 is 0 Å². The molecule has 0 radical (unpaired) electrons. The lowest BCUT2D eigenvalue weighted by atomic mass is 9.70. The summed E-state index contributed by atoms with van der Waals surface area (Å²) in [5.74, 6) is 2.01. The van der Waals surface area contributed by atoms with Gasteiger partial charge in [-0.05, 0) is 30.1 Å². The van der Waals surface area contributed by atoms with Gasteiger partial charge in [0, 0.05) is 0 Å². The van der Waals surface area contributed by atoms with Crippen molar-refractivity contribution >= 4 is 0 Å². The molecule has 0 aliphatic heterocycles. The summed E-state index contributed by atoms with van der Waals surface area (Å²) in [6.45, 7) is 13.6. The maximum absolute atomic E-state index is 2.52. The van der Waals surface area contributed by atoms with Gasteiger partial charge in [-0.3, -0.25) is 0 Å². The highest BCUT2D eigenvalue weighted by atomic mass is 14.5. The van der Waals surface area contributed by atoms with Crippen LogP contribution in [0.15, 0.2) is 0 Å². The van der Waals surface area contributed by atoms with E-state index in [2.05, 4.69) is 27.7 Å². The summed E-state index contributed by atoms with van der Waals surface area (Å²) < 4.78 is 0. The van der Waals surface area contributed by atoms with E-state index in [1.54, 1.807) is 0 Å². The highest BCUT2D eigenvalue weighted by molar-refractivity contribution is 4.92. The number of rotatable bonds is 3. The predicted molar refractivity (Wildman–Crippen MR) is 73.3 cm³/mol. The first kappa shape index (κ1) is 17.4. The summed E-state index contributed by atoms with van der Waals surface area (Å²) in [5.41, 5.74) is 0.670. The summed E-state index contributed by atoms with van der Waals surface area (Å²) in [5, 5.41) is 0. The minimum atomic E-state index is 0. The molecule has 0 bridgehead atoms. The zero-order valence-corrected chi connectivity index (χ0v) is 11.2. The van der Waals surface area contributed by atoms with Crippen molar-refractivity contribution in [2.45, 2.75) is 81.1 Å². The normalized spacial score (nSPS) is 34.0. The van der Waals surface area contributed by atoms with Crippen molar-refractivity contribution in [3.63, 3.8) is 0 Å². The van der Waals surface area contributed by atoms with Crippen LogP contribution in [0.2, 0.25) is 0 Å². The average molecular weight is 214 g/mol. The molecule has 0 amide bonds. The van der Waals surface area contributed by atoms with E-state index in [1.165, 1.54) is 32.1 Å².